The lowest BCUT2D eigenvalue weighted by molar-refractivity contribution is 0.340. The van der Waals surface area contributed by atoms with Gasteiger partial charge in [0.1, 0.15) is 0 Å². The molecule has 0 atom stereocenters. The Bertz CT molecular complexity index is 544. The molecule has 2 rings (SSSR count). The highest BCUT2D eigenvalue weighted by atomic mass is 35.5. The number of aromatic nitrogens is 2. The molecule has 2 N–H and O–H groups in total. The molecule has 0 unspecified atom stereocenters. The van der Waals surface area contributed by atoms with Gasteiger partial charge in [0.25, 0.3) is 0 Å². The molecule has 0 fully saturated rings. The number of hydrogen-bond donors (Lipinski definition) is 1. The van der Waals surface area contributed by atoms with E-state index in [1.165, 1.54) is 0 Å². The first-order chi connectivity index (χ1) is 9.08. The lowest BCUT2D eigenvalue weighted by Gasteiger charge is -2.28. The average molecular weight is 278 g/mol. The summed E-state index contributed by atoms with van der Waals surface area (Å²) >= 11 is 6.05. The molecule has 3 nitrogen and oxygen atoms in total. The minimum absolute atomic E-state index is 0.186. The van der Waals surface area contributed by atoms with E-state index in [1.54, 1.807) is 0 Å². The van der Waals surface area contributed by atoms with Crippen molar-refractivity contribution in [1.29, 1.82) is 0 Å². The molecule has 0 saturated heterocycles. The highest BCUT2D eigenvalue weighted by Gasteiger charge is 2.22. The molecule has 0 spiro atoms. The van der Waals surface area contributed by atoms with Crippen LogP contribution >= 0.6 is 11.6 Å². The average Bonchev–Trinajstić information content (AvgIpc) is 2.86. The Hall–Kier alpha value is -1.32. The summed E-state index contributed by atoms with van der Waals surface area (Å²) in [6.07, 6.45) is 5.58. The number of hydrogen-bond acceptors (Lipinski definition) is 2. The summed E-state index contributed by atoms with van der Waals surface area (Å²) in [5.41, 5.74) is 8.33. The predicted molar refractivity (Wildman–Crippen MR) is 80.2 cm³/mol. The predicted octanol–water partition coefficient (Wildman–Crippen LogP) is 3.72. The smallest absolute Gasteiger partial charge is 0.0951 e. The largest absolute Gasteiger partial charge is 0.329 e. The Morgan fingerprint density at radius 2 is 2.05 bits per heavy atom. The number of imidazole rings is 1. The van der Waals surface area contributed by atoms with Crippen molar-refractivity contribution in [3.63, 3.8) is 0 Å². The zero-order valence-corrected chi connectivity index (χ0v) is 12.2. The third-order valence-corrected chi connectivity index (χ3v) is 3.96. The van der Waals surface area contributed by atoms with Gasteiger partial charge in [-0.15, -0.1) is 0 Å². The van der Waals surface area contributed by atoms with Crippen LogP contribution in [-0.4, -0.2) is 15.1 Å². The van der Waals surface area contributed by atoms with E-state index in [9.17, 15) is 0 Å². The maximum atomic E-state index is 6.39. The fraction of sp³-hybridized carbons (Fsp3) is 0.400. The molecule has 1 heterocycles. The SMILES string of the molecule is CCC(N)(CC)Cn1cncc1-c1cccc(Cl)c1. The molecule has 0 bridgehead atoms. The van der Waals surface area contributed by atoms with Crippen LogP contribution in [0, 0.1) is 0 Å². The fourth-order valence-corrected chi connectivity index (χ4v) is 2.34. The second-order valence-electron chi connectivity index (χ2n) is 4.99. The Kier molecular flexibility index (Phi) is 4.27. The second-order valence-corrected chi connectivity index (χ2v) is 5.42. The topological polar surface area (TPSA) is 43.8 Å². The van der Waals surface area contributed by atoms with Gasteiger partial charge < -0.3 is 10.3 Å². The van der Waals surface area contributed by atoms with Crippen LogP contribution < -0.4 is 5.73 Å². The van der Waals surface area contributed by atoms with Crippen LogP contribution in [0.3, 0.4) is 0 Å². The van der Waals surface area contributed by atoms with Gasteiger partial charge in [0.15, 0.2) is 0 Å². The van der Waals surface area contributed by atoms with Crippen LogP contribution in [-0.2, 0) is 6.54 Å². The Morgan fingerprint density at radius 1 is 1.32 bits per heavy atom. The minimum atomic E-state index is -0.186. The highest BCUT2D eigenvalue weighted by molar-refractivity contribution is 6.30. The van der Waals surface area contributed by atoms with Crippen molar-refractivity contribution >= 4 is 11.6 Å². The van der Waals surface area contributed by atoms with Crippen LogP contribution in [0.2, 0.25) is 5.02 Å². The van der Waals surface area contributed by atoms with Gasteiger partial charge in [-0.2, -0.15) is 0 Å². The molecule has 0 aliphatic carbocycles. The summed E-state index contributed by atoms with van der Waals surface area (Å²) in [4.78, 5) is 4.25. The van der Waals surface area contributed by atoms with Crippen molar-refractivity contribution < 1.29 is 0 Å². The number of nitrogens with zero attached hydrogens (tertiary/aromatic N) is 2. The molecule has 1 aromatic carbocycles. The molecule has 0 aliphatic heterocycles. The number of rotatable bonds is 5. The van der Waals surface area contributed by atoms with Gasteiger partial charge in [-0.1, -0.05) is 37.6 Å². The third kappa shape index (κ3) is 3.17. The van der Waals surface area contributed by atoms with Crippen molar-refractivity contribution in [3.8, 4) is 11.3 Å². The van der Waals surface area contributed by atoms with Gasteiger partial charge in [-0.3, -0.25) is 0 Å². The Labute approximate surface area is 119 Å². The normalized spacial score (nSPS) is 11.8. The van der Waals surface area contributed by atoms with Gasteiger partial charge in [0.2, 0.25) is 0 Å². The summed E-state index contributed by atoms with van der Waals surface area (Å²) in [6, 6.07) is 7.81. The van der Waals surface area contributed by atoms with Crippen LogP contribution in [0.4, 0.5) is 0 Å². The van der Waals surface area contributed by atoms with E-state index >= 15 is 0 Å². The monoisotopic (exact) mass is 277 g/mol. The maximum absolute atomic E-state index is 6.39. The van der Waals surface area contributed by atoms with E-state index in [0.717, 1.165) is 35.7 Å². The molecule has 1 aromatic heterocycles. The van der Waals surface area contributed by atoms with E-state index in [-0.39, 0.29) is 5.54 Å². The second kappa shape index (κ2) is 5.76. The standard InChI is InChI=1S/C15H20ClN3/c1-3-15(17,4-2)10-19-11-18-9-14(19)12-6-5-7-13(16)8-12/h5-9,11H,3-4,10,17H2,1-2H3. The van der Waals surface area contributed by atoms with Crippen LogP contribution in [0.1, 0.15) is 26.7 Å². The zero-order valence-electron chi connectivity index (χ0n) is 11.4. The fourth-order valence-electron chi connectivity index (χ4n) is 2.15. The van der Waals surface area contributed by atoms with Gasteiger partial charge in [0.05, 0.1) is 18.2 Å². The number of nitrogens with two attached hydrogens (primary N) is 1. The molecule has 0 saturated carbocycles. The minimum Gasteiger partial charge on any atom is -0.329 e. The molecular formula is C15H20ClN3. The quantitative estimate of drug-likeness (QED) is 0.905. The molecule has 0 radical (unpaired) electrons. The Morgan fingerprint density at radius 3 is 2.68 bits per heavy atom. The number of benzene rings is 1. The number of halogens is 1. The summed E-state index contributed by atoms with van der Waals surface area (Å²) in [6.45, 7) is 5.01. The maximum Gasteiger partial charge on any atom is 0.0951 e. The van der Waals surface area contributed by atoms with E-state index < -0.39 is 0 Å². The first kappa shape index (κ1) is 14.1. The molecular weight excluding hydrogens is 258 g/mol. The van der Waals surface area contributed by atoms with E-state index in [1.807, 2.05) is 36.8 Å². The van der Waals surface area contributed by atoms with Gasteiger partial charge in [-0.05, 0) is 25.0 Å². The van der Waals surface area contributed by atoms with Crippen molar-refractivity contribution in [2.24, 2.45) is 5.73 Å². The molecule has 4 heteroatoms. The third-order valence-electron chi connectivity index (χ3n) is 3.73. The Balaban J connectivity index is 2.33. The summed E-state index contributed by atoms with van der Waals surface area (Å²) in [5.74, 6) is 0. The van der Waals surface area contributed by atoms with Gasteiger partial charge in [-0.25, -0.2) is 4.98 Å². The van der Waals surface area contributed by atoms with E-state index in [0.29, 0.717) is 0 Å². The van der Waals surface area contributed by atoms with Crippen LogP contribution in [0.5, 0.6) is 0 Å². The summed E-state index contributed by atoms with van der Waals surface area (Å²) < 4.78 is 2.11. The van der Waals surface area contributed by atoms with Crippen molar-refractivity contribution in [2.45, 2.75) is 38.8 Å². The van der Waals surface area contributed by atoms with Crippen molar-refractivity contribution in [2.75, 3.05) is 0 Å². The summed E-state index contributed by atoms with van der Waals surface area (Å²) in [7, 11) is 0. The van der Waals surface area contributed by atoms with Crippen molar-refractivity contribution in [3.05, 3.63) is 41.8 Å². The molecule has 102 valence electrons. The molecule has 0 amide bonds. The van der Waals surface area contributed by atoms with E-state index in [4.69, 9.17) is 17.3 Å². The highest BCUT2D eigenvalue weighted by Crippen LogP contribution is 2.24. The first-order valence-corrected chi connectivity index (χ1v) is 7.00. The zero-order chi connectivity index (χ0) is 13.9. The van der Waals surface area contributed by atoms with Crippen LogP contribution in [0.25, 0.3) is 11.3 Å². The van der Waals surface area contributed by atoms with Crippen LogP contribution in [0.15, 0.2) is 36.8 Å². The van der Waals surface area contributed by atoms with Gasteiger partial charge >= 0.3 is 0 Å². The molecule has 2 aromatic rings. The van der Waals surface area contributed by atoms with Gasteiger partial charge in [0, 0.05) is 22.7 Å². The lowest BCUT2D eigenvalue weighted by atomic mass is 9.94. The van der Waals surface area contributed by atoms with E-state index in [2.05, 4.69) is 23.4 Å². The lowest BCUT2D eigenvalue weighted by Crippen LogP contribution is -2.42. The molecule has 19 heavy (non-hydrogen) atoms. The summed E-state index contributed by atoms with van der Waals surface area (Å²) in [5, 5.41) is 0.732. The first-order valence-electron chi connectivity index (χ1n) is 6.63. The van der Waals surface area contributed by atoms with Crippen molar-refractivity contribution in [1.82, 2.24) is 9.55 Å². The molecule has 0 aliphatic rings.